The van der Waals surface area contributed by atoms with E-state index >= 15 is 0 Å². The molecule has 1 atom stereocenters. The molecule has 2 fully saturated rings. The molecular formula is C17H27N5O2. The van der Waals surface area contributed by atoms with Crippen LogP contribution in [0.1, 0.15) is 5.56 Å². The number of likely N-dealkylation sites (N-methyl/N-ethyl adjacent to an activating group) is 1. The van der Waals surface area contributed by atoms with Crippen molar-refractivity contribution in [2.24, 2.45) is 0 Å². The van der Waals surface area contributed by atoms with Crippen LogP contribution in [0.15, 0.2) is 24.5 Å². The summed E-state index contributed by atoms with van der Waals surface area (Å²) in [6.07, 6.45) is 3.79. The molecule has 0 radical (unpaired) electrons. The van der Waals surface area contributed by atoms with Crippen molar-refractivity contribution in [2.75, 3.05) is 59.5 Å². The summed E-state index contributed by atoms with van der Waals surface area (Å²) in [6.45, 7) is 7.36. The summed E-state index contributed by atoms with van der Waals surface area (Å²) in [5, 5.41) is 3.01. The highest BCUT2D eigenvalue weighted by Gasteiger charge is 2.23. The van der Waals surface area contributed by atoms with Gasteiger partial charge in [0.2, 0.25) is 0 Å². The first-order valence-corrected chi connectivity index (χ1v) is 8.65. The summed E-state index contributed by atoms with van der Waals surface area (Å²) < 4.78 is 5.68. The topological polar surface area (TPSA) is 60.9 Å². The number of nitrogens with zero attached hydrogens (tertiary/aromatic N) is 4. The van der Waals surface area contributed by atoms with Crippen LogP contribution in [0.3, 0.4) is 0 Å². The van der Waals surface area contributed by atoms with Gasteiger partial charge in [0, 0.05) is 64.8 Å². The fraction of sp³-hybridized carbons (Fsp3) is 0.647. The number of pyridine rings is 1. The minimum Gasteiger partial charge on any atom is -0.374 e. The van der Waals surface area contributed by atoms with Crippen LogP contribution >= 0.6 is 0 Å². The minimum atomic E-state index is 0.0212. The van der Waals surface area contributed by atoms with Gasteiger partial charge in [0.25, 0.3) is 0 Å². The van der Waals surface area contributed by atoms with Crippen molar-refractivity contribution in [3.63, 3.8) is 0 Å². The number of aromatic nitrogens is 1. The number of nitrogens with one attached hydrogen (secondary N) is 1. The van der Waals surface area contributed by atoms with Crippen molar-refractivity contribution in [3.05, 3.63) is 30.1 Å². The Balaban J connectivity index is 1.37. The molecule has 1 N–H and O–H groups in total. The first-order valence-electron chi connectivity index (χ1n) is 8.65. The normalized spacial score (nSPS) is 23.2. The van der Waals surface area contributed by atoms with E-state index in [1.807, 2.05) is 17.2 Å². The van der Waals surface area contributed by atoms with Gasteiger partial charge in [-0.3, -0.25) is 9.88 Å². The Morgan fingerprint density at radius 2 is 2.17 bits per heavy atom. The molecule has 0 spiro atoms. The van der Waals surface area contributed by atoms with Gasteiger partial charge in [-0.25, -0.2) is 4.79 Å². The Labute approximate surface area is 143 Å². The molecule has 1 aromatic rings. The third kappa shape index (κ3) is 4.90. The number of hydrogen-bond acceptors (Lipinski definition) is 5. The van der Waals surface area contributed by atoms with E-state index in [1.54, 1.807) is 6.20 Å². The largest absolute Gasteiger partial charge is 0.374 e. The lowest BCUT2D eigenvalue weighted by molar-refractivity contribution is -0.0174. The Hall–Kier alpha value is -1.70. The number of morpholine rings is 1. The molecule has 24 heavy (non-hydrogen) atoms. The number of carbonyl (C=O) groups is 1. The monoisotopic (exact) mass is 333 g/mol. The van der Waals surface area contributed by atoms with Crippen molar-refractivity contribution < 1.29 is 9.53 Å². The first kappa shape index (κ1) is 17.1. The number of hydrogen-bond donors (Lipinski definition) is 1. The zero-order chi connectivity index (χ0) is 16.8. The molecule has 3 rings (SSSR count). The van der Waals surface area contributed by atoms with Crippen LogP contribution in [0.5, 0.6) is 0 Å². The van der Waals surface area contributed by atoms with Gasteiger partial charge in [-0.2, -0.15) is 0 Å². The van der Waals surface area contributed by atoms with E-state index in [2.05, 4.69) is 33.2 Å². The number of urea groups is 1. The van der Waals surface area contributed by atoms with Crippen LogP contribution in [0.25, 0.3) is 0 Å². The molecule has 0 aromatic carbocycles. The van der Waals surface area contributed by atoms with Gasteiger partial charge in [-0.1, -0.05) is 6.07 Å². The molecule has 2 saturated heterocycles. The molecular weight excluding hydrogens is 306 g/mol. The van der Waals surface area contributed by atoms with Crippen molar-refractivity contribution in [1.29, 1.82) is 0 Å². The fourth-order valence-electron chi connectivity index (χ4n) is 3.16. The van der Waals surface area contributed by atoms with Gasteiger partial charge < -0.3 is 19.9 Å². The lowest BCUT2D eigenvalue weighted by atomic mass is 10.2. The molecule has 7 heteroatoms. The molecule has 132 valence electrons. The second-order valence-electron chi connectivity index (χ2n) is 6.57. The molecule has 1 aromatic heterocycles. The van der Waals surface area contributed by atoms with Crippen molar-refractivity contribution >= 4 is 6.03 Å². The highest BCUT2D eigenvalue weighted by Crippen LogP contribution is 2.08. The van der Waals surface area contributed by atoms with Gasteiger partial charge in [0.05, 0.1) is 12.7 Å². The molecule has 7 nitrogen and oxygen atoms in total. The Morgan fingerprint density at radius 3 is 2.88 bits per heavy atom. The minimum absolute atomic E-state index is 0.0212. The third-order valence-electron chi connectivity index (χ3n) is 4.61. The Kier molecular flexibility index (Phi) is 6.01. The second kappa shape index (κ2) is 8.41. The van der Waals surface area contributed by atoms with E-state index in [9.17, 15) is 4.79 Å². The summed E-state index contributed by atoms with van der Waals surface area (Å²) in [7, 11) is 2.08. The van der Waals surface area contributed by atoms with Crippen LogP contribution in [0.2, 0.25) is 0 Å². The number of amides is 2. The van der Waals surface area contributed by atoms with Crippen LogP contribution in [-0.4, -0.2) is 91.3 Å². The molecule has 0 unspecified atom stereocenters. The predicted octanol–water partition coefficient (Wildman–Crippen LogP) is 0.239. The highest BCUT2D eigenvalue weighted by atomic mass is 16.5. The lowest BCUT2D eigenvalue weighted by Gasteiger charge is -2.35. The molecule has 0 saturated carbocycles. The van der Waals surface area contributed by atoms with Gasteiger partial charge in [0.1, 0.15) is 0 Å². The lowest BCUT2D eigenvalue weighted by Crippen LogP contribution is -2.53. The SMILES string of the molecule is CN1CCO[C@H](CNC(=O)N2CCN(Cc3cccnc3)CC2)C1. The summed E-state index contributed by atoms with van der Waals surface area (Å²) in [6, 6.07) is 4.07. The van der Waals surface area contributed by atoms with Gasteiger partial charge in [0.15, 0.2) is 0 Å². The first-order chi connectivity index (χ1) is 11.7. The molecule has 0 aliphatic carbocycles. The standard InChI is InChI=1S/C17H27N5O2/c1-20-9-10-24-16(14-20)12-19-17(23)22-7-5-21(6-8-22)13-15-3-2-4-18-11-15/h2-4,11,16H,5-10,12-14H2,1H3,(H,19,23)/t16-/m1/s1. The van der Waals surface area contributed by atoms with E-state index in [-0.39, 0.29) is 12.1 Å². The van der Waals surface area contributed by atoms with Gasteiger partial charge >= 0.3 is 6.03 Å². The maximum absolute atomic E-state index is 12.3. The molecule has 2 amide bonds. The van der Waals surface area contributed by atoms with Crippen LogP contribution in [0.4, 0.5) is 4.79 Å². The van der Waals surface area contributed by atoms with Crippen LogP contribution < -0.4 is 5.32 Å². The van der Waals surface area contributed by atoms with E-state index in [4.69, 9.17) is 4.74 Å². The second-order valence-corrected chi connectivity index (χ2v) is 6.57. The number of rotatable bonds is 4. The molecule has 3 heterocycles. The van der Waals surface area contributed by atoms with E-state index < -0.39 is 0 Å². The summed E-state index contributed by atoms with van der Waals surface area (Å²) in [5.41, 5.74) is 1.22. The average Bonchev–Trinajstić information content (AvgIpc) is 2.61. The zero-order valence-electron chi connectivity index (χ0n) is 14.4. The smallest absolute Gasteiger partial charge is 0.317 e. The maximum atomic E-state index is 12.3. The summed E-state index contributed by atoms with van der Waals surface area (Å²) in [4.78, 5) is 22.9. The maximum Gasteiger partial charge on any atom is 0.317 e. The van der Waals surface area contributed by atoms with Gasteiger partial charge in [-0.15, -0.1) is 0 Å². The number of carbonyl (C=O) groups excluding carboxylic acids is 1. The van der Waals surface area contributed by atoms with Gasteiger partial charge in [-0.05, 0) is 18.7 Å². The number of piperazine rings is 1. The molecule has 2 aliphatic rings. The van der Waals surface area contributed by atoms with Crippen molar-refractivity contribution in [1.82, 2.24) is 25.0 Å². The fourth-order valence-corrected chi connectivity index (χ4v) is 3.16. The van der Waals surface area contributed by atoms with E-state index in [0.29, 0.717) is 6.54 Å². The summed E-state index contributed by atoms with van der Waals surface area (Å²) >= 11 is 0. The summed E-state index contributed by atoms with van der Waals surface area (Å²) in [5.74, 6) is 0. The van der Waals surface area contributed by atoms with Crippen molar-refractivity contribution in [2.45, 2.75) is 12.6 Å². The quantitative estimate of drug-likeness (QED) is 0.855. The van der Waals surface area contributed by atoms with E-state index in [0.717, 1.165) is 52.4 Å². The predicted molar refractivity (Wildman–Crippen MR) is 91.7 cm³/mol. The Morgan fingerprint density at radius 1 is 1.33 bits per heavy atom. The Bertz CT molecular complexity index is 519. The number of ether oxygens (including phenoxy) is 1. The molecule has 0 bridgehead atoms. The van der Waals surface area contributed by atoms with Crippen LogP contribution in [0, 0.1) is 0 Å². The average molecular weight is 333 g/mol. The third-order valence-corrected chi connectivity index (χ3v) is 4.61. The zero-order valence-corrected chi connectivity index (χ0v) is 14.4. The molecule has 2 aliphatic heterocycles. The van der Waals surface area contributed by atoms with Crippen molar-refractivity contribution in [3.8, 4) is 0 Å². The van der Waals surface area contributed by atoms with E-state index in [1.165, 1.54) is 5.56 Å². The van der Waals surface area contributed by atoms with Crippen LogP contribution in [-0.2, 0) is 11.3 Å². The highest BCUT2D eigenvalue weighted by molar-refractivity contribution is 5.74.